The van der Waals surface area contributed by atoms with Crippen LogP contribution in [0, 0.1) is 0 Å². The van der Waals surface area contributed by atoms with Crippen LogP contribution in [0.1, 0.15) is 23.3 Å². The number of nitrogens with zero attached hydrogens (tertiary/aromatic N) is 2. The lowest BCUT2D eigenvalue weighted by Crippen LogP contribution is -2.27. The molecule has 0 aliphatic heterocycles. The van der Waals surface area contributed by atoms with Crippen LogP contribution in [0.5, 0.6) is 0 Å². The first-order valence-electron chi connectivity index (χ1n) is 5.41. The van der Waals surface area contributed by atoms with Crippen LogP contribution in [0.4, 0.5) is 5.82 Å². The fourth-order valence-corrected chi connectivity index (χ4v) is 1.88. The van der Waals surface area contributed by atoms with Gasteiger partial charge in [-0.05, 0) is 25.0 Å². The summed E-state index contributed by atoms with van der Waals surface area (Å²) in [7, 11) is 0. The van der Waals surface area contributed by atoms with E-state index < -0.39 is 5.97 Å². The molecule has 0 saturated heterocycles. The van der Waals surface area contributed by atoms with Crippen LogP contribution in [0.15, 0.2) is 24.8 Å². The molecule has 0 spiro atoms. The van der Waals surface area contributed by atoms with E-state index in [1.54, 1.807) is 18.2 Å². The molecule has 1 N–H and O–H groups in total. The van der Waals surface area contributed by atoms with Gasteiger partial charge in [0, 0.05) is 12.6 Å². The van der Waals surface area contributed by atoms with Crippen molar-refractivity contribution in [3.05, 3.63) is 35.5 Å². The lowest BCUT2D eigenvalue weighted by molar-refractivity contribution is 0.0691. The fraction of sp³-hybridized carbons (Fsp3) is 0.333. The zero-order chi connectivity index (χ0) is 12.4. The molecule has 1 aliphatic rings. The van der Waals surface area contributed by atoms with E-state index in [1.165, 1.54) is 0 Å². The second-order valence-electron chi connectivity index (χ2n) is 3.98. The number of rotatable bonds is 5. The zero-order valence-corrected chi connectivity index (χ0v) is 10.0. The number of carbonyl (C=O) groups is 1. The number of carboxylic acid groups (broad SMARTS) is 1. The summed E-state index contributed by atoms with van der Waals surface area (Å²) in [5.74, 6) is -0.458. The molecule has 0 radical (unpaired) electrons. The fourth-order valence-electron chi connectivity index (χ4n) is 1.70. The Morgan fingerprint density at radius 2 is 2.35 bits per heavy atom. The number of carboxylic acids is 1. The van der Waals surface area contributed by atoms with Crippen LogP contribution in [-0.2, 0) is 0 Å². The molecule has 0 atom stereocenters. The quantitative estimate of drug-likeness (QED) is 0.819. The van der Waals surface area contributed by atoms with E-state index in [4.69, 9.17) is 16.7 Å². The molecule has 1 fully saturated rings. The Kier molecular flexibility index (Phi) is 3.33. The molecular formula is C12H13ClN2O2. The van der Waals surface area contributed by atoms with Crippen LogP contribution >= 0.6 is 11.6 Å². The summed E-state index contributed by atoms with van der Waals surface area (Å²) in [4.78, 5) is 17.1. The number of pyridine rings is 1. The number of aromatic nitrogens is 1. The van der Waals surface area contributed by atoms with E-state index in [-0.39, 0.29) is 10.7 Å². The third kappa shape index (κ3) is 2.58. The number of hydrogen-bond acceptors (Lipinski definition) is 3. The van der Waals surface area contributed by atoms with E-state index in [0.717, 1.165) is 12.8 Å². The highest BCUT2D eigenvalue weighted by Gasteiger charge is 2.29. The summed E-state index contributed by atoms with van der Waals surface area (Å²) in [6.07, 6.45) is 4.01. The van der Waals surface area contributed by atoms with Gasteiger partial charge < -0.3 is 10.0 Å². The van der Waals surface area contributed by atoms with E-state index in [0.29, 0.717) is 18.4 Å². The predicted octanol–water partition coefficient (Wildman–Crippen LogP) is 2.59. The van der Waals surface area contributed by atoms with Crippen molar-refractivity contribution in [3.8, 4) is 0 Å². The lowest BCUT2D eigenvalue weighted by Gasteiger charge is -2.22. The maximum atomic E-state index is 11.0. The molecule has 1 aromatic heterocycles. The summed E-state index contributed by atoms with van der Waals surface area (Å²) < 4.78 is 0. The largest absolute Gasteiger partial charge is 0.476 e. The molecule has 2 rings (SSSR count). The molecule has 5 heteroatoms. The van der Waals surface area contributed by atoms with Gasteiger partial charge in [0.05, 0.1) is 5.02 Å². The van der Waals surface area contributed by atoms with Gasteiger partial charge >= 0.3 is 5.97 Å². The lowest BCUT2D eigenvalue weighted by atomic mass is 10.3. The monoisotopic (exact) mass is 252 g/mol. The molecule has 17 heavy (non-hydrogen) atoms. The minimum Gasteiger partial charge on any atom is -0.476 e. The first-order valence-corrected chi connectivity index (χ1v) is 5.78. The van der Waals surface area contributed by atoms with Crippen molar-refractivity contribution in [1.29, 1.82) is 0 Å². The standard InChI is InChI=1S/C12H13ClN2O2/c1-2-7-15(8-3-4-8)10-6-5-9(13)11(14-10)12(16)17/h2,5-6,8H,1,3-4,7H2,(H,16,17). The molecular weight excluding hydrogens is 240 g/mol. The van der Waals surface area contributed by atoms with E-state index >= 15 is 0 Å². The number of anilines is 1. The minimum atomic E-state index is -1.11. The Morgan fingerprint density at radius 1 is 1.65 bits per heavy atom. The zero-order valence-electron chi connectivity index (χ0n) is 9.27. The Morgan fingerprint density at radius 3 is 2.88 bits per heavy atom. The Balaban J connectivity index is 2.33. The first kappa shape index (κ1) is 11.9. The molecule has 1 aliphatic carbocycles. The van der Waals surface area contributed by atoms with Crippen molar-refractivity contribution in [2.45, 2.75) is 18.9 Å². The number of aromatic carboxylic acids is 1. The average molecular weight is 253 g/mol. The van der Waals surface area contributed by atoms with Crippen LogP contribution in [-0.4, -0.2) is 28.6 Å². The summed E-state index contributed by atoms with van der Waals surface area (Å²) in [5, 5.41) is 9.13. The summed E-state index contributed by atoms with van der Waals surface area (Å²) in [6.45, 7) is 4.36. The molecule has 1 aromatic rings. The highest BCUT2D eigenvalue weighted by atomic mass is 35.5. The van der Waals surface area contributed by atoms with Crippen LogP contribution in [0.3, 0.4) is 0 Å². The van der Waals surface area contributed by atoms with Gasteiger partial charge in [-0.25, -0.2) is 9.78 Å². The van der Waals surface area contributed by atoms with Crippen molar-refractivity contribution in [3.63, 3.8) is 0 Å². The van der Waals surface area contributed by atoms with Gasteiger partial charge in [0.15, 0.2) is 5.69 Å². The Labute approximate surface area is 105 Å². The molecule has 90 valence electrons. The molecule has 4 nitrogen and oxygen atoms in total. The molecule has 0 amide bonds. The van der Waals surface area contributed by atoms with Crippen molar-refractivity contribution in [2.24, 2.45) is 0 Å². The third-order valence-corrected chi connectivity index (χ3v) is 2.95. The molecule has 1 heterocycles. The van der Waals surface area contributed by atoms with Crippen molar-refractivity contribution < 1.29 is 9.90 Å². The normalized spacial score (nSPS) is 14.4. The molecule has 0 aromatic carbocycles. The Bertz CT molecular complexity index is 458. The van der Waals surface area contributed by atoms with E-state index in [9.17, 15) is 4.79 Å². The summed E-state index contributed by atoms with van der Waals surface area (Å²) in [6, 6.07) is 3.77. The van der Waals surface area contributed by atoms with Crippen molar-refractivity contribution >= 4 is 23.4 Å². The van der Waals surface area contributed by atoms with E-state index in [2.05, 4.69) is 16.5 Å². The summed E-state index contributed by atoms with van der Waals surface area (Å²) in [5.41, 5.74) is -0.0983. The smallest absolute Gasteiger partial charge is 0.356 e. The van der Waals surface area contributed by atoms with Crippen LogP contribution < -0.4 is 4.90 Å². The predicted molar refractivity (Wildman–Crippen MR) is 66.8 cm³/mol. The third-order valence-electron chi connectivity index (χ3n) is 2.64. The highest BCUT2D eigenvalue weighted by Crippen LogP contribution is 2.31. The molecule has 0 bridgehead atoms. The van der Waals surface area contributed by atoms with E-state index in [1.807, 2.05) is 0 Å². The molecule has 1 saturated carbocycles. The Hall–Kier alpha value is -1.55. The summed E-state index contributed by atoms with van der Waals surface area (Å²) >= 11 is 5.79. The van der Waals surface area contributed by atoms with Gasteiger partial charge in [-0.2, -0.15) is 0 Å². The molecule has 0 unspecified atom stereocenters. The van der Waals surface area contributed by atoms with Gasteiger partial charge in [-0.3, -0.25) is 0 Å². The maximum Gasteiger partial charge on any atom is 0.356 e. The van der Waals surface area contributed by atoms with Crippen LogP contribution in [0.25, 0.3) is 0 Å². The maximum absolute atomic E-state index is 11.0. The van der Waals surface area contributed by atoms with Gasteiger partial charge in [0.2, 0.25) is 0 Å². The highest BCUT2D eigenvalue weighted by molar-refractivity contribution is 6.33. The number of halogens is 1. The van der Waals surface area contributed by atoms with Gasteiger partial charge in [-0.1, -0.05) is 17.7 Å². The first-order chi connectivity index (χ1) is 8.13. The average Bonchev–Trinajstić information content (AvgIpc) is 3.10. The minimum absolute atomic E-state index is 0.0983. The second-order valence-corrected chi connectivity index (χ2v) is 4.38. The van der Waals surface area contributed by atoms with Gasteiger partial charge in [0.1, 0.15) is 5.82 Å². The van der Waals surface area contributed by atoms with Gasteiger partial charge in [-0.15, -0.1) is 6.58 Å². The second kappa shape index (κ2) is 4.75. The van der Waals surface area contributed by atoms with Gasteiger partial charge in [0.25, 0.3) is 0 Å². The number of hydrogen-bond donors (Lipinski definition) is 1. The SMILES string of the molecule is C=CCN(c1ccc(Cl)c(C(=O)O)n1)C1CC1. The topological polar surface area (TPSA) is 53.4 Å². The van der Waals surface area contributed by atoms with Crippen LogP contribution in [0.2, 0.25) is 5.02 Å². The van der Waals surface area contributed by atoms with Crippen molar-refractivity contribution in [1.82, 2.24) is 4.98 Å². The van der Waals surface area contributed by atoms with Crippen molar-refractivity contribution in [2.75, 3.05) is 11.4 Å².